The van der Waals surface area contributed by atoms with Crippen molar-refractivity contribution >= 4 is 11.6 Å². The molecule has 76 valence electrons. The second kappa shape index (κ2) is 3.42. The summed E-state index contributed by atoms with van der Waals surface area (Å²) >= 11 is 0. The number of hydrogen-bond donors (Lipinski definition) is 1. The number of nitrogens with one attached hydrogen (secondary N) is 1. The van der Waals surface area contributed by atoms with Crippen molar-refractivity contribution in [3.05, 3.63) is 38.9 Å². The maximum atomic E-state index is 12.1. The van der Waals surface area contributed by atoms with Crippen molar-refractivity contribution in [2.75, 3.05) is 0 Å². The Morgan fingerprint density at radius 1 is 1.27 bits per heavy atom. The first kappa shape index (κ1) is 10.7. The van der Waals surface area contributed by atoms with Crippen molar-refractivity contribution in [2.45, 2.75) is 6.18 Å². The van der Waals surface area contributed by atoms with Gasteiger partial charge in [-0.1, -0.05) is 13.1 Å². The van der Waals surface area contributed by atoms with Crippen LogP contribution in [-0.2, 0) is 6.18 Å². The summed E-state index contributed by atoms with van der Waals surface area (Å²) in [5.74, 6) is -1.36. The van der Waals surface area contributed by atoms with Crippen LogP contribution in [0, 0.1) is 13.1 Å². The second-order valence-electron chi connectivity index (χ2n) is 2.31. The van der Waals surface area contributed by atoms with E-state index in [1.807, 2.05) is 0 Å². The summed E-state index contributed by atoms with van der Waals surface area (Å²) in [5, 5.41) is 0. The SMILES string of the molecule is [C-]#[N+]c1nc(C(F)(F)F)c(=O)[nH]c1[N+]#[C-]. The van der Waals surface area contributed by atoms with E-state index < -0.39 is 29.1 Å². The lowest BCUT2D eigenvalue weighted by atomic mass is 10.4. The van der Waals surface area contributed by atoms with Gasteiger partial charge in [0.05, 0.1) is 0 Å². The third kappa shape index (κ3) is 1.94. The lowest BCUT2D eigenvalue weighted by Crippen LogP contribution is -2.23. The maximum absolute atomic E-state index is 12.1. The van der Waals surface area contributed by atoms with E-state index in [1.54, 1.807) is 4.98 Å². The van der Waals surface area contributed by atoms with Crippen LogP contribution in [0.1, 0.15) is 5.69 Å². The van der Waals surface area contributed by atoms with Crippen LogP contribution in [-0.4, -0.2) is 9.97 Å². The van der Waals surface area contributed by atoms with Gasteiger partial charge in [0.15, 0.2) is 0 Å². The fourth-order valence-electron chi connectivity index (χ4n) is 0.780. The van der Waals surface area contributed by atoms with Crippen LogP contribution >= 0.6 is 0 Å². The van der Waals surface area contributed by atoms with E-state index in [-0.39, 0.29) is 0 Å². The highest BCUT2D eigenvalue weighted by molar-refractivity contribution is 5.60. The molecule has 1 rings (SSSR count). The fourth-order valence-corrected chi connectivity index (χ4v) is 0.780. The number of nitrogens with zero attached hydrogens (tertiary/aromatic N) is 3. The minimum atomic E-state index is -4.94. The van der Waals surface area contributed by atoms with Crippen LogP contribution in [0.15, 0.2) is 4.79 Å². The molecule has 15 heavy (non-hydrogen) atoms. The lowest BCUT2D eigenvalue weighted by molar-refractivity contribution is -0.142. The normalized spacial score (nSPS) is 10.5. The van der Waals surface area contributed by atoms with E-state index >= 15 is 0 Å². The largest absolute Gasteiger partial charge is 0.464 e. The lowest BCUT2D eigenvalue weighted by Gasteiger charge is -2.00. The Morgan fingerprint density at radius 3 is 2.27 bits per heavy atom. The van der Waals surface area contributed by atoms with Gasteiger partial charge in [0.1, 0.15) is 0 Å². The molecule has 1 heterocycles. The minimum absolute atomic E-state index is 0.594. The first-order chi connectivity index (χ1) is 6.90. The molecule has 0 spiro atoms. The summed E-state index contributed by atoms with van der Waals surface area (Å²) in [4.78, 5) is 20.6. The monoisotopic (exact) mass is 214 g/mol. The molecule has 0 atom stereocenters. The molecule has 1 N–H and O–H groups in total. The van der Waals surface area contributed by atoms with Gasteiger partial charge in [0, 0.05) is 0 Å². The van der Waals surface area contributed by atoms with E-state index in [1.165, 1.54) is 0 Å². The Bertz CT molecular complexity index is 531. The fraction of sp³-hybridized carbons (Fsp3) is 0.143. The third-order valence-corrected chi connectivity index (χ3v) is 1.36. The second-order valence-corrected chi connectivity index (χ2v) is 2.31. The van der Waals surface area contributed by atoms with E-state index in [2.05, 4.69) is 14.7 Å². The Morgan fingerprint density at radius 2 is 1.87 bits per heavy atom. The summed E-state index contributed by atoms with van der Waals surface area (Å²) in [6, 6.07) is 0. The summed E-state index contributed by atoms with van der Waals surface area (Å²) < 4.78 is 36.4. The average molecular weight is 214 g/mol. The number of rotatable bonds is 0. The smallest absolute Gasteiger partial charge is 0.373 e. The molecule has 0 amide bonds. The molecule has 0 fully saturated rings. The Kier molecular flexibility index (Phi) is 2.45. The molecular weight excluding hydrogens is 213 g/mol. The Hall–Kier alpha value is -2.35. The van der Waals surface area contributed by atoms with Crippen LogP contribution in [0.3, 0.4) is 0 Å². The van der Waals surface area contributed by atoms with E-state index in [4.69, 9.17) is 13.1 Å². The molecule has 0 unspecified atom stereocenters. The summed E-state index contributed by atoms with van der Waals surface area (Å²) in [6.45, 7) is 13.0. The van der Waals surface area contributed by atoms with Gasteiger partial charge >= 0.3 is 17.4 Å². The Labute approximate surface area is 80.8 Å². The molecule has 0 aliphatic carbocycles. The Balaban J connectivity index is 3.57. The highest BCUT2D eigenvalue weighted by Gasteiger charge is 2.41. The van der Waals surface area contributed by atoms with Crippen molar-refractivity contribution in [1.82, 2.24) is 9.97 Å². The third-order valence-electron chi connectivity index (χ3n) is 1.36. The van der Waals surface area contributed by atoms with Crippen molar-refractivity contribution in [2.24, 2.45) is 0 Å². The number of H-pyrrole nitrogens is 1. The van der Waals surface area contributed by atoms with Gasteiger partial charge in [0.2, 0.25) is 0 Å². The predicted octanol–water partition coefficient (Wildman–Crippen LogP) is 1.89. The maximum Gasteiger partial charge on any atom is 0.464 e. The highest BCUT2D eigenvalue weighted by atomic mass is 19.4. The van der Waals surface area contributed by atoms with Crippen LogP contribution in [0.2, 0.25) is 0 Å². The number of halogens is 3. The average Bonchev–Trinajstić information content (AvgIpc) is 2.15. The van der Waals surface area contributed by atoms with Gasteiger partial charge in [-0.15, -0.1) is 4.98 Å². The molecule has 5 nitrogen and oxygen atoms in total. The molecule has 0 saturated heterocycles. The van der Waals surface area contributed by atoms with E-state index in [9.17, 15) is 18.0 Å². The van der Waals surface area contributed by atoms with Crippen LogP contribution in [0.4, 0.5) is 24.8 Å². The predicted molar refractivity (Wildman–Crippen MR) is 42.4 cm³/mol. The number of hydrogen-bond acceptors (Lipinski definition) is 2. The van der Waals surface area contributed by atoms with Gasteiger partial charge in [-0.2, -0.15) is 13.2 Å². The van der Waals surface area contributed by atoms with Crippen LogP contribution in [0.25, 0.3) is 9.69 Å². The van der Waals surface area contributed by atoms with Crippen LogP contribution in [0.5, 0.6) is 0 Å². The molecule has 1 aromatic rings. The molecule has 0 radical (unpaired) electrons. The van der Waals surface area contributed by atoms with Crippen LogP contribution < -0.4 is 5.56 Å². The van der Waals surface area contributed by atoms with Crippen molar-refractivity contribution in [3.8, 4) is 0 Å². The van der Waals surface area contributed by atoms with Gasteiger partial charge in [-0.3, -0.25) is 4.98 Å². The zero-order valence-corrected chi connectivity index (χ0v) is 6.88. The standard InChI is InChI=1S/C7HF3N4O/c1-11-4-5(12-2)14-6(15)3(13-4)7(8,9)10/h(H,14,15). The summed E-state index contributed by atoms with van der Waals surface area (Å²) in [6.07, 6.45) is -4.94. The summed E-state index contributed by atoms with van der Waals surface area (Å²) in [5.41, 5.74) is -3.25. The number of aromatic amines is 1. The van der Waals surface area contributed by atoms with Crippen molar-refractivity contribution in [3.63, 3.8) is 0 Å². The molecule has 1 aromatic heterocycles. The van der Waals surface area contributed by atoms with Gasteiger partial charge in [-0.05, 0) is 0 Å². The zero-order chi connectivity index (χ0) is 11.6. The summed E-state index contributed by atoms with van der Waals surface area (Å²) in [7, 11) is 0. The molecule has 8 heteroatoms. The minimum Gasteiger partial charge on any atom is -0.373 e. The van der Waals surface area contributed by atoms with Gasteiger partial charge in [0.25, 0.3) is 11.6 Å². The first-order valence-electron chi connectivity index (χ1n) is 3.36. The molecule has 0 aliphatic heterocycles. The quantitative estimate of drug-likeness (QED) is 0.670. The topological polar surface area (TPSA) is 54.5 Å². The molecular formula is C7HF3N4O. The molecule has 0 aromatic carbocycles. The van der Waals surface area contributed by atoms with Crippen molar-refractivity contribution < 1.29 is 13.2 Å². The highest BCUT2D eigenvalue weighted by Crippen LogP contribution is 2.29. The van der Waals surface area contributed by atoms with Crippen molar-refractivity contribution in [1.29, 1.82) is 0 Å². The van der Waals surface area contributed by atoms with E-state index in [0.717, 1.165) is 0 Å². The van der Waals surface area contributed by atoms with Gasteiger partial charge in [-0.25, -0.2) is 4.79 Å². The number of alkyl halides is 3. The zero-order valence-electron chi connectivity index (χ0n) is 6.88. The first-order valence-corrected chi connectivity index (χ1v) is 3.36. The van der Waals surface area contributed by atoms with Gasteiger partial charge < -0.3 is 9.69 Å². The number of aromatic nitrogens is 2. The molecule has 0 bridgehead atoms. The molecule has 0 saturated carbocycles. The molecule has 0 aliphatic rings. The van der Waals surface area contributed by atoms with E-state index in [0.29, 0.717) is 0 Å².